The van der Waals surface area contributed by atoms with E-state index in [-0.39, 0.29) is 23.8 Å². The van der Waals surface area contributed by atoms with Crippen molar-refractivity contribution in [1.29, 1.82) is 10.7 Å². The standard InChI is InChI=1S/C25H21N9O2/c1-28-22(19(12-27)23(35)30-14-16-7-8-18(11-26)29-13-16)24(36)32-21-9-10-34-15-20(31-25(34)33-21)17-5-3-2-4-6-17/h2-10,12-13,15,19,27H,14H2,1H3,(H,30,35)(H,31,32,33,36). The molecule has 1 aromatic carbocycles. The highest BCUT2D eigenvalue weighted by atomic mass is 16.2. The molecule has 1 unspecified atom stereocenters. The van der Waals surface area contributed by atoms with Gasteiger partial charge in [-0.3, -0.25) is 19.0 Å². The van der Waals surface area contributed by atoms with Crippen LogP contribution in [0.5, 0.6) is 0 Å². The largest absolute Gasteiger partial charge is 0.351 e. The Hall–Kier alpha value is -5.24. The predicted molar refractivity (Wildman–Crippen MR) is 133 cm³/mol. The molecular formula is C25H21N9O2. The molecule has 0 bridgehead atoms. The van der Waals surface area contributed by atoms with Crippen LogP contribution in [0, 0.1) is 22.7 Å². The number of nitriles is 1. The number of anilines is 1. The van der Waals surface area contributed by atoms with Gasteiger partial charge in [-0.25, -0.2) is 9.97 Å². The van der Waals surface area contributed by atoms with Crippen molar-refractivity contribution < 1.29 is 9.59 Å². The topological polar surface area (TPSA) is 161 Å². The fraction of sp³-hybridized carbons (Fsp3) is 0.120. The highest BCUT2D eigenvalue weighted by Gasteiger charge is 2.27. The molecule has 0 aliphatic heterocycles. The predicted octanol–water partition coefficient (Wildman–Crippen LogP) is 2.25. The van der Waals surface area contributed by atoms with Crippen molar-refractivity contribution in [2.75, 3.05) is 12.4 Å². The van der Waals surface area contributed by atoms with E-state index in [1.165, 1.54) is 19.3 Å². The number of carbonyl (C=O) groups is 2. The lowest BCUT2D eigenvalue weighted by atomic mass is 10.0. The third-order valence-electron chi connectivity index (χ3n) is 5.26. The van der Waals surface area contributed by atoms with Crippen molar-refractivity contribution >= 4 is 35.3 Å². The number of amides is 2. The third-order valence-corrected chi connectivity index (χ3v) is 5.26. The van der Waals surface area contributed by atoms with E-state index in [4.69, 9.17) is 10.7 Å². The molecule has 1 atom stereocenters. The summed E-state index contributed by atoms with van der Waals surface area (Å²) in [7, 11) is 1.38. The summed E-state index contributed by atoms with van der Waals surface area (Å²) in [6, 6.07) is 16.4. The van der Waals surface area contributed by atoms with E-state index in [0.29, 0.717) is 11.3 Å². The Labute approximate surface area is 206 Å². The zero-order valence-corrected chi connectivity index (χ0v) is 19.2. The van der Waals surface area contributed by atoms with Gasteiger partial charge in [0.2, 0.25) is 11.7 Å². The molecular weight excluding hydrogens is 458 g/mol. The van der Waals surface area contributed by atoms with Crippen LogP contribution in [0.1, 0.15) is 11.3 Å². The summed E-state index contributed by atoms with van der Waals surface area (Å²) in [6.07, 6.45) is 5.87. The van der Waals surface area contributed by atoms with Crippen LogP contribution in [0.15, 0.2) is 72.1 Å². The van der Waals surface area contributed by atoms with Gasteiger partial charge in [0.25, 0.3) is 5.91 Å². The number of fused-ring (bicyclic) bond motifs is 1. The number of hydrogen-bond acceptors (Lipinski definition) is 8. The Bertz CT molecular complexity index is 1490. The molecule has 0 aliphatic carbocycles. The molecule has 4 aromatic rings. The van der Waals surface area contributed by atoms with Crippen LogP contribution >= 0.6 is 0 Å². The lowest BCUT2D eigenvalue weighted by Gasteiger charge is -2.14. The molecule has 11 heteroatoms. The van der Waals surface area contributed by atoms with E-state index >= 15 is 0 Å². The minimum Gasteiger partial charge on any atom is -0.351 e. The van der Waals surface area contributed by atoms with E-state index in [0.717, 1.165) is 17.5 Å². The minimum absolute atomic E-state index is 0.113. The number of hydrogen-bond donors (Lipinski definition) is 3. The van der Waals surface area contributed by atoms with Crippen LogP contribution in [0.4, 0.5) is 5.82 Å². The average Bonchev–Trinajstić information content (AvgIpc) is 3.34. The van der Waals surface area contributed by atoms with Crippen molar-refractivity contribution in [3.05, 3.63) is 78.4 Å². The molecule has 4 rings (SSSR count). The number of benzene rings is 1. The minimum atomic E-state index is -1.21. The number of pyridine rings is 1. The summed E-state index contributed by atoms with van der Waals surface area (Å²) < 4.78 is 1.73. The first-order valence-corrected chi connectivity index (χ1v) is 10.8. The number of imidazole rings is 1. The van der Waals surface area contributed by atoms with E-state index < -0.39 is 17.7 Å². The van der Waals surface area contributed by atoms with Crippen molar-refractivity contribution in [1.82, 2.24) is 24.7 Å². The van der Waals surface area contributed by atoms with Crippen LogP contribution < -0.4 is 10.6 Å². The smallest absolute Gasteiger partial charge is 0.271 e. The Morgan fingerprint density at radius 2 is 2.00 bits per heavy atom. The van der Waals surface area contributed by atoms with Crippen molar-refractivity contribution in [3.63, 3.8) is 0 Å². The fourth-order valence-corrected chi connectivity index (χ4v) is 3.43. The summed E-state index contributed by atoms with van der Waals surface area (Å²) in [5.74, 6) is -1.82. The molecule has 11 nitrogen and oxygen atoms in total. The number of nitrogens with one attached hydrogen (secondary N) is 3. The molecule has 0 radical (unpaired) electrons. The van der Waals surface area contributed by atoms with Crippen LogP contribution in [-0.4, -0.2) is 50.1 Å². The Balaban J connectivity index is 1.45. The molecule has 0 aliphatic rings. The summed E-state index contributed by atoms with van der Waals surface area (Å²) >= 11 is 0. The normalized spacial score (nSPS) is 11.9. The van der Waals surface area contributed by atoms with Crippen LogP contribution in [-0.2, 0) is 16.1 Å². The Morgan fingerprint density at radius 1 is 1.19 bits per heavy atom. The van der Waals surface area contributed by atoms with E-state index in [1.807, 2.05) is 42.6 Å². The molecule has 2 amide bonds. The molecule has 0 spiro atoms. The molecule has 3 heterocycles. The average molecular weight is 480 g/mol. The van der Waals surface area contributed by atoms with Crippen LogP contribution in [0.2, 0.25) is 0 Å². The zero-order chi connectivity index (χ0) is 25.5. The molecule has 3 N–H and O–H groups in total. The molecule has 178 valence electrons. The quantitative estimate of drug-likeness (QED) is 0.328. The molecule has 0 fully saturated rings. The van der Waals surface area contributed by atoms with Gasteiger partial charge in [-0.2, -0.15) is 10.2 Å². The SMILES string of the molecule is CN=C(C(=O)Nc1ccn2cc(-c3ccccc3)nc2n1)C(C=N)C(=O)NCc1ccc(C#N)nc1. The molecule has 3 aromatic heterocycles. The second-order valence-corrected chi connectivity index (χ2v) is 7.60. The van der Waals surface area contributed by atoms with Crippen molar-refractivity contribution in [3.8, 4) is 17.3 Å². The number of aromatic nitrogens is 4. The third kappa shape index (κ3) is 5.28. The second-order valence-electron chi connectivity index (χ2n) is 7.60. The summed E-state index contributed by atoms with van der Waals surface area (Å²) in [4.78, 5) is 42.4. The van der Waals surface area contributed by atoms with Gasteiger partial charge in [0, 0.05) is 44.0 Å². The monoisotopic (exact) mass is 479 g/mol. The molecule has 0 saturated heterocycles. The maximum Gasteiger partial charge on any atom is 0.271 e. The number of nitrogens with zero attached hydrogens (tertiary/aromatic N) is 6. The molecule has 36 heavy (non-hydrogen) atoms. The zero-order valence-electron chi connectivity index (χ0n) is 19.2. The highest BCUT2D eigenvalue weighted by molar-refractivity contribution is 6.49. The van der Waals surface area contributed by atoms with E-state index in [2.05, 4.69) is 30.6 Å². The van der Waals surface area contributed by atoms with Gasteiger partial charge < -0.3 is 16.0 Å². The summed E-state index contributed by atoms with van der Waals surface area (Å²) in [5.41, 5.74) is 2.46. The first-order valence-electron chi connectivity index (χ1n) is 10.8. The van der Waals surface area contributed by atoms with Gasteiger partial charge in [-0.1, -0.05) is 36.4 Å². The van der Waals surface area contributed by atoms with Gasteiger partial charge in [0.05, 0.1) is 5.69 Å². The maximum absolute atomic E-state index is 12.9. The highest BCUT2D eigenvalue weighted by Crippen LogP contribution is 2.19. The molecule has 0 saturated carbocycles. The lowest BCUT2D eigenvalue weighted by molar-refractivity contribution is -0.122. The summed E-state index contributed by atoms with van der Waals surface area (Å²) in [6.45, 7) is 0.113. The second kappa shape index (κ2) is 10.8. The first kappa shape index (κ1) is 23.9. The lowest BCUT2D eigenvalue weighted by Crippen LogP contribution is -2.41. The van der Waals surface area contributed by atoms with Gasteiger partial charge in [-0.15, -0.1) is 0 Å². The van der Waals surface area contributed by atoms with Gasteiger partial charge >= 0.3 is 0 Å². The van der Waals surface area contributed by atoms with Gasteiger partial charge in [0.15, 0.2) is 0 Å². The Morgan fingerprint density at radius 3 is 2.67 bits per heavy atom. The fourth-order valence-electron chi connectivity index (χ4n) is 3.43. The van der Waals surface area contributed by atoms with Crippen molar-refractivity contribution in [2.45, 2.75) is 6.54 Å². The number of aliphatic imine (C=N–C) groups is 1. The number of rotatable bonds is 8. The maximum atomic E-state index is 12.9. The van der Waals surface area contributed by atoms with Gasteiger partial charge in [-0.05, 0) is 17.7 Å². The van der Waals surface area contributed by atoms with E-state index in [1.54, 1.807) is 22.7 Å². The number of carbonyl (C=O) groups excluding carboxylic acids is 2. The Kier molecular flexibility index (Phi) is 7.17. The van der Waals surface area contributed by atoms with Crippen molar-refractivity contribution in [2.24, 2.45) is 10.9 Å². The summed E-state index contributed by atoms with van der Waals surface area (Å²) in [5, 5.41) is 21.8. The van der Waals surface area contributed by atoms with Gasteiger partial charge in [0.1, 0.15) is 29.2 Å². The van der Waals surface area contributed by atoms with Crippen LogP contribution in [0.25, 0.3) is 17.0 Å². The van der Waals surface area contributed by atoms with Crippen LogP contribution in [0.3, 0.4) is 0 Å². The first-order chi connectivity index (χ1) is 17.5. The van der Waals surface area contributed by atoms with E-state index in [9.17, 15) is 9.59 Å².